The first kappa shape index (κ1) is 26.4. The Morgan fingerprint density at radius 1 is 1.13 bits per heavy atom. The van der Waals surface area contributed by atoms with Crippen LogP contribution in [-0.2, 0) is 22.1 Å². The largest absolute Gasteiger partial charge is 0.462 e. The predicted molar refractivity (Wildman–Crippen MR) is 133 cm³/mol. The molecule has 0 spiro atoms. The number of halogens is 3. The zero-order valence-corrected chi connectivity index (χ0v) is 20.6. The number of ether oxygens (including phenoxy) is 1. The van der Waals surface area contributed by atoms with Gasteiger partial charge in [0.1, 0.15) is 0 Å². The third-order valence-electron chi connectivity index (χ3n) is 6.23. The van der Waals surface area contributed by atoms with Crippen LogP contribution in [0.15, 0.2) is 84.3 Å². The predicted octanol–water partition coefficient (Wildman–Crippen LogP) is 5.65. The molecule has 3 aromatic rings. The van der Waals surface area contributed by atoms with Gasteiger partial charge in [0.25, 0.3) is 0 Å². The number of amides is 2. The highest BCUT2D eigenvalue weighted by molar-refractivity contribution is 6.03. The molecule has 2 amide bonds. The molecule has 0 saturated heterocycles. The van der Waals surface area contributed by atoms with E-state index in [1.54, 1.807) is 42.7 Å². The van der Waals surface area contributed by atoms with Crippen molar-refractivity contribution in [2.75, 3.05) is 18.6 Å². The summed E-state index contributed by atoms with van der Waals surface area (Å²) in [5.74, 6) is -0.711. The molecule has 38 heavy (non-hydrogen) atoms. The van der Waals surface area contributed by atoms with Gasteiger partial charge in [0.2, 0.25) is 0 Å². The fraction of sp³-hybridized carbons (Fsp3) is 0.214. The number of anilines is 1. The fourth-order valence-electron chi connectivity index (χ4n) is 4.32. The van der Waals surface area contributed by atoms with Gasteiger partial charge in [0.05, 0.1) is 41.1 Å². The maximum atomic E-state index is 13.5. The summed E-state index contributed by atoms with van der Waals surface area (Å²) in [5, 5.41) is 9.16. The summed E-state index contributed by atoms with van der Waals surface area (Å²) in [6.07, 6.45) is -0.930. The Morgan fingerprint density at radius 3 is 2.50 bits per heavy atom. The van der Waals surface area contributed by atoms with Gasteiger partial charge in [-0.05, 0) is 54.4 Å². The average Bonchev–Trinajstić information content (AvgIpc) is 2.91. The third kappa shape index (κ3) is 5.37. The number of nitriles is 1. The van der Waals surface area contributed by atoms with E-state index in [1.165, 1.54) is 31.0 Å². The average molecular weight is 521 g/mol. The molecule has 4 rings (SSSR count). The van der Waals surface area contributed by atoms with Crippen LogP contribution in [0.3, 0.4) is 0 Å². The second-order valence-corrected chi connectivity index (χ2v) is 8.66. The van der Waals surface area contributed by atoms with E-state index in [9.17, 15) is 22.8 Å². The van der Waals surface area contributed by atoms with Crippen molar-refractivity contribution in [3.05, 3.63) is 107 Å². The first-order valence-corrected chi connectivity index (χ1v) is 11.6. The lowest BCUT2D eigenvalue weighted by Gasteiger charge is -2.41. The maximum Gasteiger partial charge on any atom is 0.416 e. The van der Waals surface area contributed by atoms with Crippen LogP contribution in [0, 0.1) is 11.3 Å². The summed E-state index contributed by atoms with van der Waals surface area (Å²) in [5.41, 5.74) is 1.08. The van der Waals surface area contributed by atoms with Crippen molar-refractivity contribution in [2.24, 2.45) is 0 Å². The zero-order valence-electron chi connectivity index (χ0n) is 20.6. The van der Waals surface area contributed by atoms with Crippen LogP contribution >= 0.6 is 0 Å². The lowest BCUT2D eigenvalue weighted by atomic mass is 9.92. The highest BCUT2D eigenvalue weighted by Gasteiger charge is 2.42. The molecule has 2 aromatic carbocycles. The van der Waals surface area contributed by atoms with Crippen molar-refractivity contribution in [1.29, 1.82) is 5.26 Å². The number of alkyl halides is 3. The molecule has 1 aromatic heterocycles. The minimum Gasteiger partial charge on any atom is -0.462 e. The molecule has 0 aliphatic carbocycles. The number of nitrogens with zero attached hydrogens (tertiary/aromatic N) is 4. The number of likely N-dealkylation sites (N-methyl/N-ethyl adjacent to an activating group) is 1. The number of aromatic nitrogens is 1. The molecule has 10 heteroatoms. The number of hydrogen-bond donors (Lipinski definition) is 0. The first-order valence-electron chi connectivity index (χ1n) is 11.6. The molecule has 0 saturated carbocycles. The minimum absolute atomic E-state index is 0.0304. The third-order valence-corrected chi connectivity index (χ3v) is 6.23. The van der Waals surface area contributed by atoms with Gasteiger partial charge in [-0.2, -0.15) is 18.4 Å². The Bertz CT molecular complexity index is 1410. The second-order valence-electron chi connectivity index (χ2n) is 8.66. The number of allylic oxidation sites excluding steroid dienone is 1. The highest BCUT2D eigenvalue weighted by atomic mass is 19.4. The molecular formula is C28H23F3N4O3. The van der Waals surface area contributed by atoms with E-state index < -0.39 is 29.8 Å². The van der Waals surface area contributed by atoms with Crippen LogP contribution in [0.4, 0.5) is 23.7 Å². The van der Waals surface area contributed by atoms with Crippen LogP contribution < -0.4 is 4.90 Å². The number of carbonyl (C=O) groups is 2. The Hall–Kier alpha value is -4.65. The lowest BCUT2D eigenvalue weighted by molar-refractivity contribution is -0.140. The topological polar surface area (TPSA) is 86.5 Å². The van der Waals surface area contributed by atoms with Crippen molar-refractivity contribution < 1.29 is 27.5 Å². The monoisotopic (exact) mass is 520 g/mol. The number of urea groups is 1. The Kier molecular flexibility index (Phi) is 7.48. The fourth-order valence-corrected chi connectivity index (χ4v) is 4.32. The summed E-state index contributed by atoms with van der Waals surface area (Å²) in [4.78, 5) is 33.3. The Balaban J connectivity index is 1.76. The van der Waals surface area contributed by atoms with Crippen LogP contribution in [0.5, 0.6) is 0 Å². The molecule has 1 aliphatic heterocycles. The van der Waals surface area contributed by atoms with Crippen LogP contribution in [0.1, 0.15) is 35.2 Å². The molecule has 7 nitrogen and oxygen atoms in total. The van der Waals surface area contributed by atoms with E-state index in [4.69, 9.17) is 10.00 Å². The normalized spacial score (nSPS) is 15.9. The molecule has 194 valence electrons. The molecule has 1 aliphatic rings. The van der Waals surface area contributed by atoms with E-state index in [1.807, 2.05) is 12.1 Å². The number of hydrogen-bond acceptors (Lipinski definition) is 5. The Morgan fingerprint density at radius 2 is 1.87 bits per heavy atom. The van der Waals surface area contributed by atoms with Crippen LogP contribution in [0.2, 0.25) is 0 Å². The van der Waals surface area contributed by atoms with Gasteiger partial charge in [-0.15, -0.1) is 0 Å². The molecule has 2 heterocycles. The van der Waals surface area contributed by atoms with Gasteiger partial charge >= 0.3 is 18.2 Å². The molecule has 0 bridgehead atoms. The van der Waals surface area contributed by atoms with Crippen LogP contribution in [-0.4, -0.2) is 35.5 Å². The van der Waals surface area contributed by atoms with Crippen molar-refractivity contribution in [3.8, 4) is 6.07 Å². The van der Waals surface area contributed by atoms with E-state index in [0.29, 0.717) is 17.5 Å². The number of esters is 1. The van der Waals surface area contributed by atoms with Gasteiger partial charge in [0, 0.05) is 31.6 Å². The van der Waals surface area contributed by atoms with Crippen molar-refractivity contribution in [3.63, 3.8) is 0 Å². The van der Waals surface area contributed by atoms with E-state index in [0.717, 1.165) is 22.6 Å². The quantitative estimate of drug-likeness (QED) is 0.393. The minimum atomic E-state index is -4.61. The number of pyridine rings is 1. The van der Waals surface area contributed by atoms with Crippen molar-refractivity contribution in [1.82, 2.24) is 9.88 Å². The smallest absolute Gasteiger partial charge is 0.416 e. The summed E-state index contributed by atoms with van der Waals surface area (Å²) >= 11 is 0. The Labute approximate surface area is 217 Å². The molecule has 0 fully saturated rings. The number of carbonyl (C=O) groups excluding carboxylic acids is 2. The van der Waals surface area contributed by atoms with Gasteiger partial charge < -0.3 is 9.64 Å². The van der Waals surface area contributed by atoms with E-state index in [-0.39, 0.29) is 23.6 Å². The van der Waals surface area contributed by atoms with Crippen molar-refractivity contribution >= 4 is 17.7 Å². The summed E-state index contributed by atoms with van der Waals surface area (Å²) < 4.78 is 45.8. The zero-order chi connectivity index (χ0) is 27.4. The SMILES string of the molecule is CC1=C(C(=O)OCCc2cccnc2)C(c2ccc(C#N)cc2)N(C)C(=O)N1c1cccc(C(F)(F)F)c1. The van der Waals surface area contributed by atoms with E-state index in [2.05, 4.69) is 4.98 Å². The van der Waals surface area contributed by atoms with Gasteiger partial charge in [-0.1, -0.05) is 24.3 Å². The van der Waals surface area contributed by atoms with Gasteiger partial charge in [0.15, 0.2) is 0 Å². The van der Waals surface area contributed by atoms with Gasteiger partial charge in [-0.3, -0.25) is 9.88 Å². The number of benzene rings is 2. The lowest BCUT2D eigenvalue weighted by Crippen LogP contribution is -2.49. The molecule has 0 N–H and O–H groups in total. The first-order chi connectivity index (χ1) is 18.1. The highest BCUT2D eigenvalue weighted by Crippen LogP contribution is 2.40. The van der Waals surface area contributed by atoms with Crippen LogP contribution in [0.25, 0.3) is 0 Å². The molecule has 1 atom stereocenters. The second kappa shape index (κ2) is 10.8. The summed E-state index contributed by atoms with van der Waals surface area (Å²) in [6.45, 7) is 1.53. The molecule has 1 unspecified atom stereocenters. The maximum absolute atomic E-state index is 13.5. The number of rotatable bonds is 6. The summed E-state index contributed by atoms with van der Waals surface area (Å²) in [7, 11) is 1.46. The van der Waals surface area contributed by atoms with Crippen molar-refractivity contribution in [2.45, 2.75) is 25.6 Å². The van der Waals surface area contributed by atoms with E-state index >= 15 is 0 Å². The van der Waals surface area contributed by atoms with Gasteiger partial charge in [-0.25, -0.2) is 9.59 Å². The summed E-state index contributed by atoms with van der Waals surface area (Å²) in [6, 6.07) is 14.9. The standard InChI is InChI=1S/C28H23F3N4O3/c1-18-24(26(36)38-14-12-20-5-4-13-33-17-20)25(21-10-8-19(16-32)9-11-21)34(2)27(37)35(18)23-7-3-6-22(15-23)28(29,30)31/h3-11,13,15,17,25H,12,14H2,1-2H3. The molecule has 0 radical (unpaired) electrons. The molecular weight excluding hydrogens is 497 g/mol.